The minimum Gasteiger partial charge on any atom is -0.491 e. The number of aliphatic imine (C=N–C) groups is 1. The van der Waals surface area contributed by atoms with Crippen molar-refractivity contribution in [3.05, 3.63) is 52.0 Å². The molecule has 0 bridgehead atoms. The molecule has 0 radical (unpaired) electrons. The van der Waals surface area contributed by atoms with E-state index in [1.54, 1.807) is 31.5 Å². The number of furan rings is 1. The van der Waals surface area contributed by atoms with E-state index >= 15 is 0 Å². The minimum absolute atomic E-state index is 0.108. The van der Waals surface area contributed by atoms with Gasteiger partial charge in [0, 0.05) is 23.6 Å². The first-order chi connectivity index (χ1) is 13.2. The zero-order valence-electron chi connectivity index (χ0n) is 16.4. The van der Waals surface area contributed by atoms with Crippen LogP contribution in [-0.2, 0) is 5.41 Å². The fraction of sp³-hybridized carbons (Fsp3) is 0.429. The lowest BCUT2D eigenvalue weighted by atomic mass is 9.71. The topological polar surface area (TPSA) is 112 Å². The van der Waals surface area contributed by atoms with Crippen LogP contribution in [0, 0.1) is 6.92 Å². The van der Waals surface area contributed by atoms with Crippen molar-refractivity contribution in [1.82, 2.24) is 0 Å². The molecule has 2 aromatic rings. The molecule has 3 rings (SSSR count). The Morgan fingerprint density at radius 1 is 1.29 bits per heavy atom. The number of aliphatic hydroxyl groups excluding tert-OH is 3. The van der Waals surface area contributed by atoms with Gasteiger partial charge < -0.3 is 24.5 Å². The molecule has 1 heterocycles. The number of nitrogens with zero attached hydrogens (tertiary/aromatic N) is 1. The van der Waals surface area contributed by atoms with Crippen molar-refractivity contribution in [2.45, 2.75) is 38.4 Å². The predicted molar refractivity (Wildman–Crippen MR) is 104 cm³/mol. The molecule has 1 aromatic heterocycles. The van der Waals surface area contributed by atoms with Crippen LogP contribution in [0.5, 0.6) is 5.75 Å². The molecular formula is C21H25NO6. The van der Waals surface area contributed by atoms with Gasteiger partial charge >= 0.3 is 0 Å². The Hall–Kier alpha value is -2.48. The molecule has 0 unspecified atom stereocenters. The second-order valence-corrected chi connectivity index (χ2v) is 7.47. The maximum atomic E-state index is 13.1. The fourth-order valence-corrected chi connectivity index (χ4v) is 3.48. The number of rotatable bonds is 6. The highest BCUT2D eigenvalue weighted by molar-refractivity contribution is 6.14. The molecule has 3 N–H and O–H groups in total. The Morgan fingerprint density at radius 2 is 2.00 bits per heavy atom. The third kappa shape index (κ3) is 3.26. The summed E-state index contributed by atoms with van der Waals surface area (Å²) < 4.78 is 11.5. The zero-order chi connectivity index (χ0) is 20.6. The van der Waals surface area contributed by atoms with E-state index in [9.17, 15) is 15.0 Å². The average molecular weight is 387 g/mol. The van der Waals surface area contributed by atoms with Crippen molar-refractivity contribution in [3.8, 4) is 5.75 Å². The molecule has 0 aliphatic heterocycles. The number of carbonyl (C=O) groups excluding carboxylic acids is 1. The van der Waals surface area contributed by atoms with Gasteiger partial charge in [-0.1, -0.05) is 0 Å². The lowest BCUT2D eigenvalue weighted by Gasteiger charge is -2.31. The van der Waals surface area contributed by atoms with Gasteiger partial charge in [0.25, 0.3) is 0 Å². The van der Waals surface area contributed by atoms with Crippen molar-refractivity contribution in [2.75, 3.05) is 20.3 Å². The molecule has 0 fully saturated rings. The molecule has 7 nitrogen and oxygen atoms in total. The SMILES string of the molecule is C/N=C\c1oc2c(c1C)C(=O)c1ccc(OC[C@@H](O)[C@H](O)CO)cc1C2(C)C. The van der Waals surface area contributed by atoms with E-state index in [1.165, 1.54) is 0 Å². The van der Waals surface area contributed by atoms with Crippen LogP contribution in [0.2, 0.25) is 0 Å². The van der Waals surface area contributed by atoms with E-state index < -0.39 is 24.2 Å². The van der Waals surface area contributed by atoms with Crippen LogP contribution < -0.4 is 4.74 Å². The first kappa shape index (κ1) is 20.3. The van der Waals surface area contributed by atoms with Crippen LogP contribution >= 0.6 is 0 Å². The Morgan fingerprint density at radius 3 is 2.64 bits per heavy atom. The summed E-state index contributed by atoms with van der Waals surface area (Å²) in [6.45, 7) is 5.06. The molecule has 0 saturated carbocycles. The number of ether oxygens (including phenoxy) is 1. The van der Waals surface area contributed by atoms with Gasteiger partial charge in [-0.05, 0) is 44.5 Å². The fourth-order valence-electron chi connectivity index (χ4n) is 3.48. The third-order valence-electron chi connectivity index (χ3n) is 5.19. The number of aliphatic hydroxyl groups is 3. The van der Waals surface area contributed by atoms with E-state index in [0.717, 1.165) is 11.1 Å². The summed E-state index contributed by atoms with van der Waals surface area (Å²) in [4.78, 5) is 17.1. The van der Waals surface area contributed by atoms with Crippen LogP contribution in [0.3, 0.4) is 0 Å². The van der Waals surface area contributed by atoms with Crippen LogP contribution in [-0.4, -0.2) is 59.8 Å². The van der Waals surface area contributed by atoms with Gasteiger partial charge in [0.1, 0.15) is 36.1 Å². The van der Waals surface area contributed by atoms with Crippen LogP contribution in [0.15, 0.2) is 27.6 Å². The molecule has 1 aliphatic rings. The molecular weight excluding hydrogens is 362 g/mol. The van der Waals surface area contributed by atoms with Crippen molar-refractivity contribution in [3.63, 3.8) is 0 Å². The summed E-state index contributed by atoms with van der Waals surface area (Å²) in [6.07, 6.45) is -0.891. The summed E-state index contributed by atoms with van der Waals surface area (Å²) in [5.41, 5.74) is 2.10. The Balaban J connectivity index is 1.98. The zero-order valence-corrected chi connectivity index (χ0v) is 16.4. The van der Waals surface area contributed by atoms with Gasteiger partial charge in [0.15, 0.2) is 5.78 Å². The Kier molecular flexibility index (Phi) is 5.43. The number of fused-ring (bicyclic) bond motifs is 2. The monoisotopic (exact) mass is 387 g/mol. The number of hydrogen-bond donors (Lipinski definition) is 3. The summed E-state index contributed by atoms with van der Waals surface area (Å²) in [5, 5.41) is 28.1. The van der Waals surface area contributed by atoms with Crippen molar-refractivity contribution < 1.29 is 29.3 Å². The first-order valence-electron chi connectivity index (χ1n) is 9.07. The number of carbonyl (C=O) groups is 1. The smallest absolute Gasteiger partial charge is 0.197 e. The van der Waals surface area contributed by atoms with Crippen LogP contribution in [0.25, 0.3) is 0 Å². The van der Waals surface area contributed by atoms with E-state index in [1.807, 2.05) is 20.8 Å². The quantitative estimate of drug-likeness (QED) is 0.649. The van der Waals surface area contributed by atoms with E-state index in [4.69, 9.17) is 14.3 Å². The average Bonchev–Trinajstić information content (AvgIpc) is 3.01. The lowest BCUT2D eigenvalue weighted by molar-refractivity contribution is -0.0339. The third-order valence-corrected chi connectivity index (χ3v) is 5.19. The van der Waals surface area contributed by atoms with Gasteiger partial charge in [0.05, 0.1) is 18.4 Å². The van der Waals surface area contributed by atoms with Crippen molar-refractivity contribution >= 4 is 12.0 Å². The molecule has 0 spiro atoms. The number of benzene rings is 1. The van der Waals surface area contributed by atoms with E-state index in [-0.39, 0.29) is 12.4 Å². The summed E-state index contributed by atoms with van der Waals surface area (Å²) in [6, 6.07) is 5.10. The highest BCUT2D eigenvalue weighted by Gasteiger charge is 2.42. The van der Waals surface area contributed by atoms with Crippen molar-refractivity contribution in [1.29, 1.82) is 0 Å². The standard InChI is InChI=1S/C21H25NO6/c1-11-17(8-22-4)28-20-18(11)19(26)13-6-5-12(7-14(13)21(20,2)3)27-10-16(25)15(24)9-23/h5-8,15-16,23-25H,9-10H2,1-4H3/b22-8-/t15-,16-/m1/s1. The maximum absolute atomic E-state index is 13.1. The first-order valence-corrected chi connectivity index (χ1v) is 9.07. The molecule has 0 saturated heterocycles. The largest absolute Gasteiger partial charge is 0.491 e. The Labute approximate surface area is 163 Å². The molecule has 1 aliphatic carbocycles. The Bertz CT molecular complexity index is 927. The summed E-state index contributed by atoms with van der Waals surface area (Å²) in [7, 11) is 1.65. The van der Waals surface area contributed by atoms with Crippen LogP contribution in [0.4, 0.5) is 0 Å². The molecule has 7 heteroatoms. The van der Waals surface area contributed by atoms with E-state index in [0.29, 0.717) is 28.4 Å². The van der Waals surface area contributed by atoms with Gasteiger partial charge in [-0.2, -0.15) is 0 Å². The highest BCUT2D eigenvalue weighted by atomic mass is 16.5. The summed E-state index contributed by atoms with van der Waals surface area (Å²) in [5.74, 6) is 1.50. The minimum atomic E-state index is -1.28. The maximum Gasteiger partial charge on any atom is 0.197 e. The predicted octanol–water partition coefficient (Wildman–Crippen LogP) is 1.60. The molecule has 28 heavy (non-hydrogen) atoms. The molecule has 1 aromatic carbocycles. The summed E-state index contributed by atoms with van der Waals surface area (Å²) >= 11 is 0. The van der Waals surface area contributed by atoms with Gasteiger partial charge in [-0.15, -0.1) is 0 Å². The van der Waals surface area contributed by atoms with Gasteiger partial charge in [-0.3, -0.25) is 9.79 Å². The lowest BCUT2D eigenvalue weighted by Crippen LogP contribution is -2.34. The highest BCUT2D eigenvalue weighted by Crippen LogP contribution is 2.45. The molecule has 150 valence electrons. The van der Waals surface area contributed by atoms with E-state index in [2.05, 4.69) is 4.99 Å². The van der Waals surface area contributed by atoms with Crippen LogP contribution in [0.1, 0.15) is 52.4 Å². The van der Waals surface area contributed by atoms with Gasteiger partial charge in [-0.25, -0.2) is 0 Å². The van der Waals surface area contributed by atoms with Crippen molar-refractivity contribution in [2.24, 2.45) is 4.99 Å². The van der Waals surface area contributed by atoms with Gasteiger partial charge in [0.2, 0.25) is 0 Å². The number of ketones is 1. The second kappa shape index (κ2) is 7.50. The number of hydrogen-bond acceptors (Lipinski definition) is 7. The second-order valence-electron chi connectivity index (χ2n) is 7.47. The molecule has 2 atom stereocenters. The molecule has 0 amide bonds. The normalized spacial score (nSPS) is 17.3.